The summed E-state index contributed by atoms with van der Waals surface area (Å²) in [4.78, 5) is 11.4. The van der Waals surface area contributed by atoms with Crippen LogP contribution in [0.2, 0.25) is 5.02 Å². The monoisotopic (exact) mass is 371 g/mol. The summed E-state index contributed by atoms with van der Waals surface area (Å²) in [5.41, 5.74) is 2.11. The summed E-state index contributed by atoms with van der Waals surface area (Å²) in [6.45, 7) is 3.22. The number of hydrogen-bond donors (Lipinski definition) is 0. The van der Waals surface area contributed by atoms with Gasteiger partial charge in [-0.05, 0) is 66.9 Å². The van der Waals surface area contributed by atoms with Gasteiger partial charge < -0.3 is 0 Å². The molecule has 122 valence electrons. The Bertz CT molecular complexity index is 833. The normalized spacial score (nSPS) is 11.3. The molecule has 0 aliphatic heterocycles. The largest absolute Gasteiger partial charge is 0.279 e. The van der Waals surface area contributed by atoms with Gasteiger partial charge in [-0.25, -0.2) is 8.42 Å². The van der Waals surface area contributed by atoms with Gasteiger partial charge in [-0.1, -0.05) is 23.7 Å². The highest BCUT2D eigenvalue weighted by molar-refractivity contribution is 7.92. The minimum Gasteiger partial charge on any atom is -0.279 e. The van der Waals surface area contributed by atoms with Gasteiger partial charge >= 0.3 is 0 Å². The van der Waals surface area contributed by atoms with E-state index in [1.165, 1.54) is 24.3 Å². The summed E-state index contributed by atoms with van der Waals surface area (Å²) in [6.07, 6.45) is 0. The van der Waals surface area contributed by atoms with Crippen molar-refractivity contribution in [2.24, 2.45) is 0 Å². The molecule has 0 aliphatic rings. The highest BCUT2D eigenvalue weighted by Gasteiger charge is 2.28. The van der Waals surface area contributed by atoms with Crippen LogP contribution in [0, 0.1) is 13.8 Å². The molecule has 0 amide bonds. The summed E-state index contributed by atoms with van der Waals surface area (Å²) >= 11 is 11.3. The van der Waals surface area contributed by atoms with Crippen LogP contribution in [-0.2, 0) is 14.8 Å². The van der Waals surface area contributed by atoms with Crippen LogP contribution >= 0.6 is 23.2 Å². The fraction of sp³-hybridized carbons (Fsp3) is 0.188. The van der Waals surface area contributed by atoms with Crippen molar-refractivity contribution in [1.82, 2.24) is 0 Å². The first-order valence-electron chi connectivity index (χ1n) is 6.76. The van der Waals surface area contributed by atoms with Crippen LogP contribution in [-0.4, -0.2) is 20.2 Å². The van der Waals surface area contributed by atoms with E-state index in [4.69, 9.17) is 23.2 Å². The van der Waals surface area contributed by atoms with E-state index in [2.05, 4.69) is 0 Å². The number of rotatable bonds is 5. The number of anilines is 1. The lowest BCUT2D eigenvalue weighted by molar-refractivity contribution is -0.110. The summed E-state index contributed by atoms with van der Waals surface area (Å²) in [7, 11) is -3.94. The molecule has 0 saturated heterocycles. The summed E-state index contributed by atoms with van der Waals surface area (Å²) in [5.74, 6) is 0. The summed E-state index contributed by atoms with van der Waals surface area (Å²) < 4.78 is 26.9. The molecule has 0 aromatic heterocycles. The van der Waals surface area contributed by atoms with Gasteiger partial charge in [0.25, 0.3) is 10.0 Å². The average molecular weight is 372 g/mol. The van der Waals surface area contributed by atoms with E-state index in [1.54, 1.807) is 19.1 Å². The van der Waals surface area contributed by atoms with Gasteiger partial charge in [-0.3, -0.25) is 9.10 Å². The third-order valence-electron chi connectivity index (χ3n) is 3.51. The van der Waals surface area contributed by atoms with Crippen molar-refractivity contribution in [3.05, 3.63) is 58.6 Å². The minimum atomic E-state index is -3.94. The Morgan fingerprint density at radius 1 is 1.09 bits per heavy atom. The quantitative estimate of drug-likeness (QED) is 0.748. The van der Waals surface area contributed by atoms with E-state index in [9.17, 15) is 13.2 Å². The van der Waals surface area contributed by atoms with Crippen molar-refractivity contribution < 1.29 is 13.2 Å². The summed E-state index contributed by atoms with van der Waals surface area (Å²) in [5, 5.41) is -0.334. The Balaban J connectivity index is 2.60. The SMILES string of the molecule is Cc1cccc(N(CC(=O)Cl)S(=O)(=O)c2ccc(Cl)cc2)c1C. The van der Waals surface area contributed by atoms with Crippen molar-refractivity contribution in [3.8, 4) is 0 Å². The average Bonchev–Trinajstić information content (AvgIpc) is 2.48. The maximum absolute atomic E-state index is 12.9. The molecule has 0 spiro atoms. The first-order valence-corrected chi connectivity index (χ1v) is 8.96. The summed E-state index contributed by atoms with van der Waals surface area (Å²) in [6, 6.07) is 11.0. The van der Waals surface area contributed by atoms with E-state index in [0.29, 0.717) is 10.7 Å². The third kappa shape index (κ3) is 3.86. The fourth-order valence-corrected chi connectivity index (χ4v) is 3.95. The van der Waals surface area contributed by atoms with Crippen LogP contribution in [0.4, 0.5) is 5.69 Å². The van der Waals surface area contributed by atoms with Crippen LogP contribution in [0.25, 0.3) is 0 Å². The van der Waals surface area contributed by atoms with E-state index in [-0.39, 0.29) is 4.90 Å². The van der Waals surface area contributed by atoms with Gasteiger partial charge in [-0.15, -0.1) is 0 Å². The minimum absolute atomic E-state index is 0.0423. The number of aryl methyl sites for hydroxylation is 1. The molecule has 0 saturated carbocycles. The lowest BCUT2D eigenvalue weighted by Crippen LogP contribution is -2.35. The second kappa shape index (κ2) is 6.91. The van der Waals surface area contributed by atoms with Crippen molar-refractivity contribution in [2.75, 3.05) is 10.8 Å². The van der Waals surface area contributed by atoms with E-state index >= 15 is 0 Å². The molecule has 0 unspecified atom stereocenters. The molecule has 0 heterocycles. The Kier molecular flexibility index (Phi) is 5.34. The predicted molar refractivity (Wildman–Crippen MR) is 92.8 cm³/mol. The Labute approximate surface area is 145 Å². The molecule has 0 N–H and O–H groups in total. The maximum Gasteiger partial charge on any atom is 0.264 e. The van der Waals surface area contributed by atoms with Crippen LogP contribution < -0.4 is 4.31 Å². The van der Waals surface area contributed by atoms with Crippen LogP contribution in [0.1, 0.15) is 11.1 Å². The molecule has 2 rings (SSSR count). The lowest BCUT2D eigenvalue weighted by atomic mass is 10.1. The van der Waals surface area contributed by atoms with Gasteiger partial charge in [0.1, 0.15) is 6.54 Å². The van der Waals surface area contributed by atoms with Crippen LogP contribution in [0.5, 0.6) is 0 Å². The predicted octanol–water partition coefficient (Wildman–Crippen LogP) is 3.92. The first kappa shape index (κ1) is 17.8. The topological polar surface area (TPSA) is 54.5 Å². The number of hydrogen-bond acceptors (Lipinski definition) is 3. The molecule has 0 bridgehead atoms. The number of nitrogens with zero attached hydrogens (tertiary/aromatic N) is 1. The van der Waals surface area contributed by atoms with Crippen LogP contribution in [0.3, 0.4) is 0 Å². The van der Waals surface area contributed by atoms with Gasteiger partial charge in [0.05, 0.1) is 10.6 Å². The zero-order chi connectivity index (χ0) is 17.2. The Morgan fingerprint density at radius 2 is 1.70 bits per heavy atom. The van der Waals surface area contributed by atoms with E-state index in [0.717, 1.165) is 15.4 Å². The zero-order valence-electron chi connectivity index (χ0n) is 12.6. The smallest absolute Gasteiger partial charge is 0.264 e. The van der Waals surface area contributed by atoms with Crippen molar-refractivity contribution in [1.29, 1.82) is 0 Å². The number of carbonyl (C=O) groups is 1. The first-order chi connectivity index (χ1) is 10.7. The molecular weight excluding hydrogens is 357 g/mol. The lowest BCUT2D eigenvalue weighted by Gasteiger charge is -2.25. The highest BCUT2D eigenvalue weighted by Crippen LogP contribution is 2.29. The molecule has 7 heteroatoms. The van der Waals surface area contributed by atoms with Gasteiger partial charge in [-0.2, -0.15) is 0 Å². The molecule has 2 aromatic rings. The third-order valence-corrected chi connectivity index (χ3v) is 5.66. The molecule has 0 atom stereocenters. The van der Waals surface area contributed by atoms with Crippen LogP contribution in [0.15, 0.2) is 47.4 Å². The van der Waals surface area contributed by atoms with Gasteiger partial charge in [0.2, 0.25) is 5.24 Å². The standard InChI is InChI=1S/C16H15Cl2NO3S/c1-11-4-3-5-15(12(11)2)19(10-16(18)20)23(21,22)14-8-6-13(17)7-9-14/h3-9H,10H2,1-2H3. The van der Waals surface area contributed by atoms with Gasteiger partial charge in [0.15, 0.2) is 0 Å². The van der Waals surface area contributed by atoms with E-state index < -0.39 is 21.8 Å². The van der Waals surface area contributed by atoms with Crippen molar-refractivity contribution in [3.63, 3.8) is 0 Å². The fourth-order valence-electron chi connectivity index (χ4n) is 2.15. The van der Waals surface area contributed by atoms with E-state index in [1.807, 2.05) is 13.0 Å². The number of halogens is 2. The zero-order valence-corrected chi connectivity index (χ0v) is 14.9. The molecule has 0 fully saturated rings. The molecule has 2 aromatic carbocycles. The second-order valence-corrected chi connectivity index (χ2v) is 7.76. The van der Waals surface area contributed by atoms with Crippen molar-refractivity contribution >= 4 is 44.2 Å². The molecule has 23 heavy (non-hydrogen) atoms. The Hall–Kier alpha value is -1.56. The highest BCUT2D eigenvalue weighted by atomic mass is 35.5. The van der Waals surface area contributed by atoms with Gasteiger partial charge in [0, 0.05) is 5.02 Å². The Morgan fingerprint density at radius 3 is 2.26 bits per heavy atom. The van der Waals surface area contributed by atoms with Crippen molar-refractivity contribution in [2.45, 2.75) is 18.7 Å². The molecule has 4 nitrogen and oxygen atoms in total. The molecule has 0 aliphatic carbocycles. The maximum atomic E-state index is 12.9. The number of benzene rings is 2. The molecular formula is C16H15Cl2NO3S. The number of sulfonamides is 1. The molecule has 0 radical (unpaired) electrons. The second-order valence-electron chi connectivity index (χ2n) is 5.04. The number of carbonyl (C=O) groups excluding carboxylic acids is 1.